The molecule has 4 aliphatic rings. The third-order valence-corrected chi connectivity index (χ3v) is 9.45. The number of hydrogen-bond acceptors (Lipinski definition) is 5. The number of methoxy groups -OCH3 is 2. The van der Waals surface area contributed by atoms with Crippen LogP contribution in [0, 0.1) is 40.4 Å². The molecule has 0 aliphatic heterocycles. The maximum atomic E-state index is 12.4. The average molecular weight is 380 g/mol. The zero-order chi connectivity index (χ0) is 19.6. The van der Waals surface area contributed by atoms with Gasteiger partial charge >= 0.3 is 5.97 Å². The van der Waals surface area contributed by atoms with Gasteiger partial charge in [0, 0.05) is 13.2 Å². The van der Waals surface area contributed by atoms with Crippen LogP contribution in [-0.2, 0) is 14.3 Å². The van der Waals surface area contributed by atoms with Crippen molar-refractivity contribution < 1.29 is 19.4 Å². The largest absolute Gasteiger partial charge is 0.469 e. The van der Waals surface area contributed by atoms with Crippen LogP contribution in [0.1, 0.15) is 58.8 Å². The summed E-state index contributed by atoms with van der Waals surface area (Å²) in [5, 5.41) is 10.5. The summed E-state index contributed by atoms with van der Waals surface area (Å²) >= 11 is 0. The van der Waals surface area contributed by atoms with Crippen molar-refractivity contribution in [3.63, 3.8) is 0 Å². The van der Waals surface area contributed by atoms with E-state index in [0.29, 0.717) is 23.7 Å². The molecule has 0 amide bonds. The lowest BCUT2D eigenvalue weighted by Crippen LogP contribution is -2.63. The fourth-order valence-electron chi connectivity index (χ4n) is 8.29. The van der Waals surface area contributed by atoms with Crippen LogP contribution >= 0.6 is 0 Å². The molecule has 0 aromatic rings. The number of aliphatic hydroxyl groups excluding tert-OH is 1. The number of fused-ring (bicyclic) bond motifs is 5. The van der Waals surface area contributed by atoms with E-state index < -0.39 is 0 Å². The van der Waals surface area contributed by atoms with Crippen molar-refractivity contribution in [2.45, 2.75) is 77.0 Å². The van der Waals surface area contributed by atoms with Crippen LogP contribution in [-0.4, -0.2) is 43.5 Å². The molecule has 4 aliphatic carbocycles. The maximum Gasteiger partial charge on any atom is 0.309 e. The number of esters is 1. The van der Waals surface area contributed by atoms with Crippen LogP contribution in [0.4, 0.5) is 0 Å². The second-order valence-corrected chi connectivity index (χ2v) is 10.4. The summed E-state index contributed by atoms with van der Waals surface area (Å²) in [6.45, 7) is 4.70. The van der Waals surface area contributed by atoms with Crippen molar-refractivity contribution in [1.29, 1.82) is 0 Å². The van der Waals surface area contributed by atoms with Gasteiger partial charge in [0.15, 0.2) is 0 Å². The van der Waals surface area contributed by atoms with Gasteiger partial charge in [-0.15, -0.1) is 0 Å². The predicted molar refractivity (Wildman–Crippen MR) is 103 cm³/mol. The van der Waals surface area contributed by atoms with Crippen molar-refractivity contribution in [3.05, 3.63) is 0 Å². The summed E-state index contributed by atoms with van der Waals surface area (Å²) < 4.78 is 10.8. The first-order valence-electron chi connectivity index (χ1n) is 10.8. The van der Waals surface area contributed by atoms with E-state index in [1.54, 1.807) is 7.11 Å². The summed E-state index contributed by atoms with van der Waals surface area (Å²) in [6.07, 6.45) is 6.57. The van der Waals surface area contributed by atoms with Gasteiger partial charge in [-0.3, -0.25) is 4.79 Å². The minimum atomic E-state index is -0.357. The van der Waals surface area contributed by atoms with E-state index in [2.05, 4.69) is 13.8 Å². The Kier molecular flexibility index (Phi) is 4.88. The number of carbonyl (C=O) groups excluding carboxylic acids is 1. The van der Waals surface area contributed by atoms with Crippen molar-refractivity contribution in [2.75, 3.05) is 14.2 Å². The predicted octanol–water partition coefficient (Wildman–Crippen LogP) is 2.74. The lowest BCUT2D eigenvalue weighted by molar-refractivity contribution is -0.175. The number of nitrogens with two attached hydrogens (primary N) is 1. The molecule has 0 spiro atoms. The first-order chi connectivity index (χ1) is 12.8. The summed E-state index contributed by atoms with van der Waals surface area (Å²) in [5.74, 6) is 2.04. The molecular formula is C22H37NO4. The Morgan fingerprint density at radius 3 is 2.48 bits per heavy atom. The number of aliphatic hydroxyl groups is 1. The smallest absolute Gasteiger partial charge is 0.309 e. The van der Waals surface area contributed by atoms with E-state index in [-0.39, 0.29) is 41.0 Å². The highest BCUT2D eigenvalue weighted by Crippen LogP contribution is 2.67. The van der Waals surface area contributed by atoms with Crippen molar-refractivity contribution in [1.82, 2.24) is 0 Å². The number of ether oxygens (including phenoxy) is 2. The van der Waals surface area contributed by atoms with Crippen LogP contribution in [0.15, 0.2) is 0 Å². The van der Waals surface area contributed by atoms with Gasteiger partial charge in [-0.1, -0.05) is 13.8 Å². The minimum absolute atomic E-state index is 0.00932. The van der Waals surface area contributed by atoms with Gasteiger partial charge in [0.2, 0.25) is 0 Å². The van der Waals surface area contributed by atoms with E-state index in [0.717, 1.165) is 38.5 Å². The zero-order valence-corrected chi connectivity index (χ0v) is 17.3. The van der Waals surface area contributed by atoms with Crippen molar-refractivity contribution in [3.8, 4) is 0 Å². The van der Waals surface area contributed by atoms with Gasteiger partial charge in [0.1, 0.15) is 0 Å². The summed E-state index contributed by atoms with van der Waals surface area (Å²) in [4.78, 5) is 12.4. The maximum absolute atomic E-state index is 12.4. The Hall–Kier alpha value is -0.650. The molecule has 5 nitrogen and oxygen atoms in total. The van der Waals surface area contributed by atoms with Gasteiger partial charge < -0.3 is 20.3 Å². The van der Waals surface area contributed by atoms with Gasteiger partial charge in [0.25, 0.3) is 0 Å². The molecule has 5 heteroatoms. The molecule has 3 N–H and O–H groups in total. The highest BCUT2D eigenvalue weighted by molar-refractivity contribution is 5.73. The van der Waals surface area contributed by atoms with Crippen molar-refractivity contribution in [2.24, 2.45) is 46.2 Å². The van der Waals surface area contributed by atoms with Crippen LogP contribution < -0.4 is 5.73 Å². The Balaban J connectivity index is 1.65. The topological polar surface area (TPSA) is 81.8 Å². The third kappa shape index (κ3) is 2.71. The first kappa shape index (κ1) is 19.7. The van der Waals surface area contributed by atoms with E-state index in [1.165, 1.54) is 13.5 Å². The zero-order valence-electron chi connectivity index (χ0n) is 17.3. The molecule has 4 rings (SSSR count). The molecule has 0 heterocycles. The monoisotopic (exact) mass is 379 g/mol. The average Bonchev–Trinajstić information content (AvgIpc) is 2.97. The molecule has 27 heavy (non-hydrogen) atoms. The fraction of sp³-hybridized carbons (Fsp3) is 0.955. The fourth-order valence-corrected chi connectivity index (χ4v) is 8.29. The molecule has 10 atom stereocenters. The van der Waals surface area contributed by atoms with Gasteiger partial charge in [-0.05, 0) is 79.4 Å². The Morgan fingerprint density at radius 2 is 1.81 bits per heavy atom. The second-order valence-electron chi connectivity index (χ2n) is 10.4. The van der Waals surface area contributed by atoms with E-state index in [4.69, 9.17) is 15.2 Å². The Morgan fingerprint density at radius 1 is 1.07 bits per heavy atom. The molecule has 0 aromatic carbocycles. The van der Waals surface area contributed by atoms with Gasteiger partial charge in [-0.2, -0.15) is 0 Å². The molecule has 154 valence electrons. The van der Waals surface area contributed by atoms with Crippen LogP contribution in [0.25, 0.3) is 0 Å². The normalized spacial score (nSPS) is 54.6. The van der Waals surface area contributed by atoms with Crippen LogP contribution in [0.5, 0.6) is 0 Å². The minimum Gasteiger partial charge on any atom is -0.469 e. The molecule has 5 unspecified atom stereocenters. The number of hydrogen-bond donors (Lipinski definition) is 2. The van der Waals surface area contributed by atoms with E-state index in [9.17, 15) is 9.90 Å². The third-order valence-electron chi connectivity index (χ3n) is 9.45. The molecule has 4 fully saturated rings. The lowest BCUT2D eigenvalue weighted by Gasteiger charge is -2.63. The second kappa shape index (κ2) is 6.70. The van der Waals surface area contributed by atoms with E-state index in [1.807, 2.05) is 0 Å². The van der Waals surface area contributed by atoms with Crippen molar-refractivity contribution >= 4 is 5.97 Å². The molecule has 0 saturated heterocycles. The Bertz CT molecular complexity index is 597. The molecule has 4 saturated carbocycles. The summed E-state index contributed by atoms with van der Waals surface area (Å²) in [6, 6.07) is 0.0991. The highest BCUT2D eigenvalue weighted by Gasteiger charge is 2.64. The molecular weight excluding hydrogens is 342 g/mol. The SMILES string of the molecule is COC(=O)C1CC[C@H]2[C@@H]3CCC4CC(O)C(OC)C[C@]4(C)[C@@H]3C(N)C[C@]12C. The van der Waals surface area contributed by atoms with Gasteiger partial charge in [0.05, 0.1) is 25.2 Å². The molecule has 0 bridgehead atoms. The summed E-state index contributed by atoms with van der Waals surface area (Å²) in [5.41, 5.74) is 6.97. The number of carbonyl (C=O) groups is 1. The van der Waals surface area contributed by atoms with E-state index >= 15 is 0 Å². The quantitative estimate of drug-likeness (QED) is 0.721. The molecule has 0 radical (unpaired) electrons. The first-order valence-corrected chi connectivity index (χ1v) is 10.8. The standard InChI is InChI=1S/C22H37NO4/c1-21-11-18(26-3)17(24)9-12(21)5-6-13-14-7-8-15(20(25)27-4)22(14,2)10-16(23)19(13)21/h12-19,24H,5-11,23H2,1-4H3/t12?,13-,14-,15?,16?,17?,18?,19-,21-,22-/m0/s1. The summed E-state index contributed by atoms with van der Waals surface area (Å²) in [7, 11) is 3.22. The van der Waals surface area contributed by atoms with Crippen LogP contribution in [0.3, 0.4) is 0 Å². The Labute approximate surface area is 163 Å². The van der Waals surface area contributed by atoms with Gasteiger partial charge in [-0.25, -0.2) is 0 Å². The number of rotatable bonds is 2. The van der Waals surface area contributed by atoms with Crippen LogP contribution in [0.2, 0.25) is 0 Å². The highest BCUT2D eigenvalue weighted by atomic mass is 16.5. The lowest BCUT2D eigenvalue weighted by atomic mass is 9.43. The molecule has 0 aromatic heterocycles.